The van der Waals surface area contributed by atoms with Crippen molar-refractivity contribution in [2.24, 2.45) is 0 Å². The number of carboxylic acid groups (broad SMARTS) is 1. The summed E-state index contributed by atoms with van der Waals surface area (Å²) in [6.45, 7) is 0. The number of rotatable bonds is 7. The molecule has 0 atom stereocenters. The van der Waals surface area contributed by atoms with Crippen LogP contribution in [0, 0.1) is 0 Å². The lowest BCUT2D eigenvalue weighted by molar-refractivity contribution is -0.275. The number of anilines is 4. The number of carbonyl (C=O) groups is 1. The second-order valence-electron chi connectivity index (χ2n) is 7.32. The third-order valence-corrected chi connectivity index (χ3v) is 4.61. The van der Waals surface area contributed by atoms with Crippen molar-refractivity contribution in [1.82, 2.24) is 9.97 Å². The molecule has 1 aromatic heterocycles. The van der Waals surface area contributed by atoms with Gasteiger partial charge in [0, 0.05) is 11.4 Å². The molecule has 0 aliphatic rings. The van der Waals surface area contributed by atoms with Crippen molar-refractivity contribution in [2.45, 2.75) is 12.7 Å². The Kier molecular flexibility index (Phi) is 6.66. The van der Waals surface area contributed by atoms with Crippen molar-refractivity contribution < 1.29 is 45.7 Å². The monoisotopic (exact) mass is 524 g/mol. The first-order valence-corrected chi connectivity index (χ1v) is 10.2. The molecule has 4 rings (SSSR count). The second-order valence-corrected chi connectivity index (χ2v) is 7.32. The van der Waals surface area contributed by atoms with Crippen molar-refractivity contribution in [3.05, 3.63) is 72.3 Å². The van der Waals surface area contributed by atoms with Crippen LogP contribution in [0.15, 0.2) is 66.7 Å². The minimum atomic E-state index is -4.86. The van der Waals surface area contributed by atoms with Crippen LogP contribution in [0.25, 0.3) is 11.0 Å². The molecular formula is C23H14F6N4O4. The molecule has 0 saturated heterocycles. The number of alkyl halides is 6. The van der Waals surface area contributed by atoms with Gasteiger partial charge in [0.05, 0.1) is 16.6 Å². The molecule has 0 amide bonds. The van der Waals surface area contributed by atoms with Crippen molar-refractivity contribution in [3.63, 3.8) is 0 Å². The molecule has 8 nitrogen and oxygen atoms in total. The van der Waals surface area contributed by atoms with Crippen LogP contribution >= 0.6 is 0 Å². The Labute approximate surface area is 203 Å². The molecular weight excluding hydrogens is 510 g/mol. The number of aromatic nitrogens is 2. The fourth-order valence-electron chi connectivity index (χ4n) is 3.11. The Hall–Kier alpha value is -4.75. The van der Waals surface area contributed by atoms with E-state index in [4.69, 9.17) is 0 Å². The number of hydrogen-bond donors (Lipinski definition) is 3. The van der Waals surface area contributed by atoms with Crippen molar-refractivity contribution in [1.29, 1.82) is 0 Å². The number of nitrogens with one attached hydrogen (secondary N) is 2. The molecule has 0 aliphatic heterocycles. The molecule has 0 bridgehead atoms. The van der Waals surface area contributed by atoms with Crippen LogP contribution in [0.4, 0.5) is 49.4 Å². The fraction of sp³-hybridized carbons (Fsp3) is 0.0870. The summed E-state index contributed by atoms with van der Waals surface area (Å²) in [6, 6.07) is 13.5. The summed E-state index contributed by atoms with van der Waals surface area (Å²) >= 11 is 0. The van der Waals surface area contributed by atoms with E-state index in [0.29, 0.717) is 11.2 Å². The highest BCUT2D eigenvalue weighted by atomic mass is 19.4. The first kappa shape index (κ1) is 25.3. The van der Waals surface area contributed by atoms with E-state index in [1.54, 1.807) is 0 Å². The summed E-state index contributed by atoms with van der Waals surface area (Å²) in [5.41, 5.74) is 1.03. The normalized spacial score (nSPS) is 11.7. The van der Waals surface area contributed by atoms with Crippen LogP contribution in [0.2, 0.25) is 0 Å². The van der Waals surface area contributed by atoms with Crippen LogP contribution in [0.5, 0.6) is 11.5 Å². The van der Waals surface area contributed by atoms with Gasteiger partial charge in [-0.1, -0.05) is 0 Å². The van der Waals surface area contributed by atoms with E-state index in [-0.39, 0.29) is 28.4 Å². The van der Waals surface area contributed by atoms with Crippen LogP contribution in [0.1, 0.15) is 10.4 Å². The van der Waals surface area contributed by atoms with Gasteiger partial charge in [-0.15, -0.1) is 26.3 Å². The number of hydrogen-bond acceptors (Lipinski definition) is 7. The van der Waals surface area contributed by atoms with Crippen molar-refractivity contribution >= 4 is 40.0 Å². The number of halogens is 6. The van der Waals surface area contributed by atoms with Crippen molar-refractivity contribution in [3.8, 4) is 11.5 Å². The van der Waals surface area contributed by atoms with Crippen molar-refractivity contribution in [2.75, 3.05) is 10.6 Å². The lowest BCUT2D eigenvalue weighted by atomic mass is 10.2. The van der Waals surface area contributed by atoms with Crippen LogP contribution in [-0.4, -0.2) is 33.8 Å². The zero-order valence-electron chi connectivity index (χ0n) is 18.2. The highest BCUT2D eigenvalue weighted by molar-refractivity contribution is 5.93. The fourth-order valence-corrected chi connectivity index (χ4v) is 3.11. The van der Waals surface area contributed by atoms with Crippen LogP contribution in [0.3, 0.4) is 0 Å². The van der Waals surface area contributed by atoms with Gasteiger partial charge in [-0.25, -0.2) is 14.8 Å². The number of fused-ring (bicyclic) bond motifs is 1. The largest absolute Gasteiger partial charge is 0.573 e. The first-order chi connectivity index (χ1) is 17.3. The average molecular weight is 524 g/mol. The summed E-state index contributed by atoms with van der Waals surface area (Å²) in [5, 5.41) is 15.0. The van der Waals surface area contributed by atoms with Gasteiger partial charge in [0.2, 0.25) is 0 Å². The highest BCUT2D eigenvalue weighted by Gasteiger charge is 2.31. The highest BCUT2D eigenvalue weighted by Crippen LogP contribution is 2.31. The number of benzene rings is 3. The molecule has 0 fully saturated rings. The number of nitrogens with zero attached hydrogens (tertiary/aromatic N) is 2. The zero-order valence-corrected chi connectivity index (χ0v) is 18.2. The molecule has 3 aromatic carbocycles. The van der Waals surface area contributed by atoms with E-state index in [0.717, 1.165) is 24.3 Å². The lowest BCUT2D eigenvalue weighted by Gasteiger charge is -2.15. The number of carboxylic acids is 1. The number of aromatic carboxylic acids is 1. The van der Waals surface area contributed by atoms with Gasteiger partial charge in [-0.3, -0.25) is 0 Å². The average Bonchev–Trinajstić information content (AvgIpc) is 2.79. The Bertz CT molecular complexity index is 1430. The molecule has 3 N–H and O–H groups in total. The molecule has 4 aromatic rings. The summed E-state index contributed by atoms with van der Waals surface area (Å²) in [7, 11) is 0. The summed E-state index contributed by atoms with van der Waals surface area (Å²) in [6.07, 6.45) is -9.72. The molecule has 37 heavy (non-hydrogen) atoms. The molecule has 0 saturated carbocycles. The SMILES string of the molecule is O=C(O)c1ccc2nc(Nc3ccc(OC(F)(F)F)cc3)c(Nc3ccc(OC(F)(F)F)cc3)nc2c1. The maximum absolute atomic E-state index is 12.4. The Morgan fingerprint density at radius 1 is 0.676 bits per heavy atom. The number of ether oxygens (including phenoxy) is 2. The Morgan fingerprint density at radius 2 is 1.11 bits per heavy atom. The summed E-state index contributed by atoms with van der Waals surface area (Å²) in [5.74, 6) is -1.94. The topological polar surface area (TPSA) is 106 Å². The smallest absolute Gasteiger partial charge is 0.478 e. The third kappa shape index (κ3) is 6.90. The Balaban J connectivity index is 1.67. The molecule has 14 heteroatoms. The molecule has 0 spiro atoms. The van der Waals surface area contributed by atoms with E-state index < -0.39 is 30.2 Å². The molecule has 1 heterocycles. The zero-order chi connectivity index (χ0) is 26.8. The molecule has 0 unspecified atom stereocenters. The quantitative estimate of drug-likeness (QED) is 0.232. The third-order valence-electron chi connectivity index (χ3n) is 4.61. The summed E-state index contributed by atoms with van der Waals surface area (Å²) < 4.78 is 82.2. The van der Waals surface area contributed by atoms with E-state index in [1.165, 1.54) is 42.5 Å². The van der Waals surface area contributed by atoms with E-state index in [2.05, 4.69) is 30.1 Å². The molecule has 0 radical (unpaired) electrons. The standard InChI is InChI=1S/C23H14F6N4O4/c24-22(25,26)36-15-6-2-13(3-7-15)30-19-20(31-14-4-8-16(9-5-14)37-23(27,28)29)33-18-11-12(21(34)35)1-10-17(18)32-19/h1-11H,(H,30,32)(H,31,33)(H,34,35). The van der Waals surface area contributed by atoms with Gasteiger partial charge in [0.25, 0.3) is 0 Å². The van der Waals surface area contributed by atoms with Gasteiger partial charge in [0.1, 0.15) is 11.5 Å². The van der Waals surface area contributed by atoms with E-state index in [1.807, 2.05) is 0 Å². The Morgan fingerprint density at radius 3 is 1.51 bits per heavy atom. The van der Waals surface area contributed by atoms with Gasteiger partial charge < -0.3 is 25.2 Å². The van der Waals surface area contributed by atoms with Crippen LogP contribution in [-0.2, 0) is 0 Å². The summed E-state index contributed by atoms with van der Waals surface area (Å²) in [4.78, 5) is 20.1. The maximum Gasteiger partial charge on any atom is 0.573 e. The molecule has 0 aliphatic carbocycles. The molecule has 192 valence electrons. The maximum atomic E-state index is 12.4. The van der Waals surface area contributed by atoms with Crippen LogP contribution < -0.4 is 20.1 Å². The predicted octanol–water partition coefficient (Wildman–Crippen LogP) is 6.61. The minimum absolute atomic E-state index is 0.0511. The van der Waals surface area contributed by atoms with Gasteiger partial charge in [0.15, 0.2) is 11.6 Å². The second kappa shape index (κ2) is 9.72. The van der Waals surface area contributed by atoms with E-state index >= 15 is 0 Å². The minimum Gasteiger partial charge on any atom is -0.478 e. The van der Waals surface area contributed by atoms with Gasteiger partial charge in [-0.2, -0.15) is 0 Å². The van der Waals surface area contributed by atoms with E-state index in [9.17, 15) is 36.2 Å². The van der Waals surface area contributed by atoms with Gasteiger partial charge >= 0.3 is 18.7 Å². The lowest BCUT2D eigenvalue weighted by Crippen LogP contribution is -2.17. The predicted molar refractivity (Wildman–Crippen MR) is 119 cm³/mol. The van der Waals surface area contributed by atoms with Gasteiger partial charge in [-0.05, 0) is 66.7 Å². The first-order valence-electron chi connectivity index (χ1n) is 10.2.